The minimum Gasteiger partial charge on any atom is -0.481 e. The summed E-state index contributed by atoms with van der Waals surface area (Å²) in [5, 5.41) is 9.77. The molecule has 118 valence electrons. The van der Waals surface area contributed by atoms with Crippen LogP contribution in [0.25, 0.3) is 0 Å². The van der Waals surface area contributed by atoms with Crippen LogP contribution >= 0.6 is 0 Å². The first kappa shape index (κ1) is 16.3. The van der Waals surface area contributed by atoms with Crippen molar-refractivity contribution in [1.82, 2.24) is 0 Å². The van der Waals surface area contributed by atoms with E-state index in [-0.39, 0.29) is 5.41 Å². The predicted octanol–water partition coefficient (Wildman–Crippen LogP) is 5.21. The summed E-state index contributed by atoms with van der Waals surface area (Å²) in [5.74, 6) is 0.356. The van der Waals surface area contributed by atoms with Crippen molar-refractivity contribution in [3.8, 4) is 0 Å². The van der Waals surface area contributed by atoms with Gasteiger partial charge in [-0.2, -0.15) is 0 Å². The minimum absolute atomic E-state index is 0.182. The molecular formula is C19H30O2. The smallest absolute Gasteiger partial charge is 0.309 e. The van der Waals surface area contributed by atoms with Crippen molar-refractivity contribution in [2.75, 3.05) is 0 Å². The monoisotopic (exact) mass is 290 g/mol. The van der Waals surface area contributed by atoms with E-state index in [9.17, 15) is 9.90 Å². The molecule has 0 aromatic heterocycles. The normalized spacial score (nSPS) is 40.4. The van der Waals surface area contributed by atoms with Gasteiger partial charge in [-0.1, -0.05) is 44.1 Å². The van der Waals surface area contributed by atoms with Crippen LogP contribution in [0.4, 0.5) is 0 Å². The quantitative estimate of drug-likeness (QED) is 0.722. The first-order valence-electron chi connectivity index (χ1n) is 8.37. The first-order chi connectivity index (χ1) is 9.84. The zero-order valence-corrected chi connectivity index (χ0v) is 13.8. The fourth-order valence-corrected chi connectivity index (χ4v) is 5.00. The van der Waals surface area contributed by atoms with Crippen molar-refractivity contribution in [1.29, 1.82) is 0 Å². The Morgan fingerprint density at radius 3 is 2.62 bits per heavy atom. The van der Waals surface area contributed by atoms with Gasteiger partial charge in [-0.3, -0.25) is 4.79 Å². The molecule has 4 unspecified atom stereocenters. The number of carboxylic acids is 1. The van der Waals surface area contributed by atoms with Gasteiger partial charge >= 0.3 is 5.97 Å². The lowest BCUT2D eigenvalue weighted by Crippen LogP contribution is -2.52. The number of carboxylic acid groups (broad SMARTS) is 1. The summed E-state index contributed by atoms with van der Waals surface area (Å²) in [7, 11) is 0. The van der Waals surface area contributed by atoms with Crippen LogP contribution in [0.15, 0.2) is 24.3 Å². The highest BCUT2D eigenvalue weighted by Crippen LogP contribution is 2.60. The number of rotatable bonds is 4. The van der Waals surface area contributed by atoms with Crippen LogP contribution in [0.3, 0.4) is 0 Å². The molecular weight excluding hydrogens is 260 g/mol. The molecule has 4 atom stereocenters. The van der Waals surface area contributed by atoms with Gasteiger partial charge in [-0.25, -0.2) is 0 Å². The zero-order valence-electron chi connectivity index (χ0n) is 13.8. The highest BCUT2D eigenvalue weighted by molar-refractivity contribution is 5.75. The van der Waals surface area contributed by atoms with Gasteiger partial charge < -0.3 is 5.11 Å². The molecule has 2 aliphatic carbocycles. The van der Waals surface area contributed by atoms with Crippen LogP contribution in [-0.2, 0) is 4.79 Å². The second-order valence-electron chi connectivity index (χ2n) is 7.65. The summed E-state index contributed by atoms with van der Waals surface area (Å²) in [6.45, 7) is 10.3. The third-order valence-electron chi connectivity index (χ3n) is 6.49. The Hall–Kier alpha value is -1.05. The van der Waals surface area contributed by atoms with E-state index in [1.54, 1.807) is 0 Å². The fourth-order valence-electron chi connectivity index (χ4n) is 5.00. The molecule has 0 spiro atoms. The van der Waals surface area contributed by atoms with E-state index in [0.717, 1.165) is 25.7 Å². The van der Waals surface area contributed by atoms with Crippen LogP contribution in [0, 0.1) is 22.7 Å². The molecule has 0 bridgehead atoms. The number of hydrogen-bond acceptors (Lipinski definition) is 1. The highest BCUT2D eigenvalue weighted by Gasteiger charge is 2.56. The summed E-state index contributed by atoms with van der Waals surface area (Å²) in [4.78, 5) is 11.9. The lowest BCUT2D eigenvalue weighted by molar-refractivity contribution is -0.166. The van der Waals surface area contributed by atoms with E-state index in [0.29, 0.717) is 11.8 Å². The Bertz CT molecular complexity index is 450. The third-order valence-corrected chi connectivity index (χ3v) is 6.49. The average Bonchev–Trinajstić information content (AvgIpc) is 2.44. The zero-order chi connectivity index (χ0) is 15.7. The van der Waals surface area contributed by atoms with Gasteiger partial charge in [0.25, 0.3) is 0 Å². The number of hydrogen-bond donors (Lipinski definition) is 1. The van der Waals surface area contributed by atoms with Crippen molar-refractivity contribution >= 4 is 5.97 Å². The largest absolute Gasteiger partial charge is 0.481 e. The molecule has 0 radical (unpaired) electrons. The van der Waals surface area contributed by atoms with Gasteiger partial charge in [0.2, 0.25) is 0 Å². The number of aliphatic carboxylic acids is 1. The van der Waals surface area contributed by atoms with Gasteiger partial charge in [0.1, 0.15) is 0 Å². The average molecular weight is 290 g/mol. The molecule has 2 saturated carbocycles. The van der Waals surface area contributed by atoms with Crippen LogP contribution in [0.5, 0.6) is 0 Å². The van der Waals surface area contributed by atoms with E-state index in [1.807, 2.05) is 13.0 Å². The standard InChI is InChI=1S/C19H30O2/c1-5-14(2)10-11-15-8-6-9-16-18(15,3)12-7-13-19(16,4)17(20)21/h5,10,15-16H,1,6-9,11-13H2,2-4H3,(H,20,21). The van der Waals surface area contributed by atoms with E-state index < -0.39 is 11.4 Å². The molecule has 2 aliphatic rings. The maximum Gasteiger partial charge on any atom is 0.309 e. The van der Waals surface area contributed by atoms with E-state index >= 15 is 0 Å². The summed E-state index contributed by atoms with van der Waals surface area (Å²) in [5.41, 5.74) is 0.891. The molecule has 0 heterocycles. The van der Waals surface area contributed by atoms with E-state index in [1.165, 1.54) is 24.8 Å². The molecule has 0 amide bonds. The molecule has 21 heavy (non-hydrogen) atoms. The fraction of sp³-hybridized carbons (Fsp3) is 0.737. The second kappa shape index (κ2) is 5.98. The van der Waals surface area contributed by atoms with Crippen molar-refractivity contribution in [3.63, 3.8) is 0 Å². The van der Waals surface area contributed by atoms with Gasteiger partial charge in [0, 0.05) is 0 Å². The van der Waals surface area contributed by atoms with Gasteiger partial charge in [-0.15, -0.1) is 0 Å². The van der Waals surface area contributed by atoms with Gasteiger partial charge in [-0.05, 0) is 63.2 Å². The Morgan fingerprint density at radius 1 is 1.29 bits per heavy atom. The summed E-state index contributed by atoms with van der Waals surface area (Å²) in [6, 6.07) is 0. The lowest BCUT2D eigenvalue weighted by atomic mass is 9.47. The van der Waals surface area contributed by atoms with E-state index in [2.05, 4.69) is 26.5 Å². The number of carbonyl (C=O) groups is 1. The number of fused-ring (bicyclic) bond motifs is 1. The summed E-state index contributed by atoms with van der Waals surface area (Å²) < 4.78 is 0. The molecule has 0 saturated heterocycles. The van der Waals surface area contributed by atoms with Crippen LogP contribution in [-0.4, -0.2) is 11.1 Å². The molecule has 2 rings (SSSR count). The second-order valence-corrected chi connectivity index (χ2v) is 7.65. The van der Waals surface area contributed by atoms with Crippen molar-refractivity contribution in [3.05, 3.63) is 24.3 Å². The minimum atomic E-state index is -0.586. The highest BCUT2D eigenvalue weighted by atomic mass is 16.4. The van der Waals surface area contributed by atoms with Gasteiger partial charge in [0.15, 0.2) is 0 Å². The number of allylic oxidation sites excluding steroid dienone is 3. The molecule has 2 nitrogen and oxygen atoms in total. The molecule has 2 heteroatoms. The van der Waals surface area contributed by atoms with Crippen LogP contribution < -0.4 is 0 Å². The first-order valence-corrected chi connectivity index (χ1v) is 8.37. The summed E-state index contributed by atoms with van der Waals surface area (Å²) >= 11 is 0. The van der Waals surface area contributed by atoms with Crippen LogP contribution in [0.2, 0.25) is 0 Å². The predicted molar refractivity (Wildman–Crippen MR) is 87.1 cm³/mol. The van der Waals surface area contributed by atoms with E-state index in [4.69, 9.17) is 0 Å². The Kier molecular flexibility index (Phi) is 4.65. The molecule has 0 aromatic carbocycles. The van der Waals surface area contributed by atoms with Gasteiger partial charge in [0.05, 0.1) is 5.41 Å². The third kappa shape index (κ3) is 2.82. The maximum absolute atomic E-state index is 11.9. The van der Waals surface area contributed by atoms with Crippen molar-refractivity contribution in [2.45, 2.75) is 65.7 Å². The lowest BCUT2D eigenvalue weighted by Gasteiger charge is -2.56. The molecule has 1 N–H and O–H groups in total. The van der Waals surface area contributed by atoms with Crippen molar-refractivity contribution in [2.24, 2.45) is 22.7 Å². The van der Waals surface area contributed by atoms with Crippen LogP contribution in [0.1, 0.15) is 65.7 Å². The van der Waals surface area contributed by atoms with Crippen molar-refractivity contribution < 1.29 is 9.90 Å². The SMILES string of the molecule is C=CC(C)=CCC1CCCC2C(C)(C(=O)O)CCCC12C. The Morgan fingerprint density at radius 2 is 2.00 bits per heavy atom. The maximum atomic E-state index is 11.9. The summed E-state index contributed by atoms with van der Waals surface area (Å²) in [6.07, 6.45) is 11.8. The Labute approximate surface area is 129 Å². The molecule has 0 aliphatic heterocycles. The molecule has 2 fully saturated rings. The molecule has 0 aromatic rings. The Balaban J connectivity index is 2.27. The topological polar surface area (TPSA) is 37.3 Å².